The molecule has 7 nitrogen and oxygen atoms in total. The first-order chi connectivity index (χ1) is 13.5. The van der Waals surface area contributed by atoms with E-state index in [1.165, 1.54) is 23.3 Å². The first-order valence-electron chi connectivity index (χ1n) is 9.26. The highest BCUT2D eigenvalue weighted by Gasteiger charge is 2.11. The second kappa shape index (κ2) is 10.8. The van der Waals surface area contributed by atoms with Gasteiger partial charge in [0.15, 0.2) is 5.96 Å². The third-order valence-corrected chi connectivity index (χ3v) is 5.57. The van der Waals surface area contributed by atoms with Gasteiger partial charge in [0, 0.05) is 26.6 Å². The normalized spacial score (nSPS) is 13.2. The van der Waals surface area contributed by atoms with Crippen molar-refractivity contribution in [3.63, 3.8) is 0 Å². The van der Waals surface area contributed by atoms with Gasteiger partial charge in [-0.15, -0.1) is 24.0 Å². The van der Waals surface area contributed by atoms with Gasteiger partial charge in [-0.25, -0.2) is 13.6 Å². The molecule has 0 fully saturated rings. The molecule has 0 amide bonds. The predicted molar refractivity (Wildman–Crippen MR) is 126 cm³/mol. The lowest BCUT2D eigenvalue weighted by molar-refractivity contribution is 0.357. The number of benzene rings is 2. The van der Waals surface area contributed by atoms with Crippen LogP contribution in [0.1, 0.15) is 16.7 Å². The molecule has 2 aromatic rings. The number of hydrogen-bond donors (Lipinski definition) is 3. The van der Waals surface area contributed by atoms with E-state index in [0.29, 0.717) is 6.54 Å². The molecule has 1 aliphatic rings. The monoisotopic (exact) mass is 530 g/mol. The number of primary sulfonamides is 1. The number of hydrogen-bond acceptors (Lipinski definition) is 4. The molecule has 3 rings (SSSR count). The Balaban J connectivity index is 0.00000300. The van der Waals surface area contributed by atoms with E-state index in [0.717, 1.165) is 49.7 Å². The number of halogens is 1. The van der Waals surface area contributed by atoms with E-state index in [1.807, 2.05) is 6.07 Å². The molecule has 0 unspecified atom stereocenters. The summed E-state index contributed by atoms with van der Waals surface area (Å²) in [5, 5.41) is 11.7. The van der Waals surface area contributed by atoms with E-state index in [1.54, 1.807) is 19.2 Å². The molecule has 29 heavy (non-hydrogen) atoms. The van der Waals surface area contributed by atoms with Crippen LogP contribution in [0, 0.1) is 0 Å². The SMILES string of the molecule is CN=C(NCCc1ccc(S(N)(=O)=O)cc1)NCCc1ccc2c(c1)CCO2.I. The van der Waals surface area contributed by atoms with E-state index in [2.05, 4.69) is 27.8 Å². The largest absolute Gasteiger partial charge is 0.493 e. The summed E-state index contributed by atoms with van der Waals surface area (Å²) in [6.07, 6.45) is 2.64. The maximum atomic E-state index is 11.3. The van der Waals surface area contributed by atoms with Crippen LogP contribution >= 0.6 is 24.0 Å². The summed E-state index contributed by atoms with van der Waals surface area (Å²) in [6.45, 7) is 2.24. The molecule has 0 saturated heterocycles. The van der Waals surface area contributed by atoms with Crippen molar-refractivity contribution in [1.82, 2.24) is 10.6 Å². The topological polar surface area (TPSA) is 106 Å². The van der Waals surface area contributed by atoms with Crippen LogP contribution in [0.15, 0.2) is 52.4 Å². The molecule has 9 heteroatoms. The molecule has 0 saturated carbocycles. The summed E-state index contributed by atoms with van der Waals surface area (Å²) in [5.41, 5.74) is 3.59. The second-order valence-corrected chi connectivity index (χ2v) is 8.22. The Labute approximate surface area is 189 Å². The standard InChI is InChI=1S/C20H26N4O3S.HI/c1-22-20(23-11-8-15-2-5-18(6-3-15)28(21,25)26)24-12-9-16-4-7-19-17(14-16)10-13-27-19;/h2-7,14H,8-13H2,1H3,(H2,21,25,26)(H2,22,23,24);1H. The summed E-state index contributed by atoms with van der Waals surface area (Å²) in [7, 11) is -1.91. The average Bonchev–Trinajstić information content (AvgIpc) is 3.14. The lowest BCUT2D eigenvalue weighted by Crippen LogP contribution is -2.39. The van der Waals surface area contributed by atoms with Crippen LogP contribution in [-0.2, 0) is 29.3 Å². The molecular weight excluding hydrogens is 503 g/mol. The van der Waals surface area contributed by atoms with Crippen LogP contribution < -0.4 is 20.5 Å². The molecule has 1 heterocycles. The van der Waals surface area contributed by atoms with E-state index >= 15 is 0 Å². The summed E-state index contributed by atoms with van der Waals surface area (Å²) < 4.78 is 28.1. The molecule has 158 valence electrons. The molecule has 0 bridgehead atoms. The minimum absolute atomic E-state index is 0. The molecule has 0 radical (unpaired) electrons. The Kier molecular flexibility index (Phi) is 8.72. The van der Waals surface area contributed by atoms with Gasteiger partial charge in [-0.3, -0.25) is 4.99 Å². The number of sulfonamides is 1. The van der Waals surface area contributed by atoms with Gasteiger partial charge in [0.25, 0.3) is 0 Å². The van der Waals surface area contributed by atoms with Crippen LogP contribution in [0.4, 0.5) is 0 Å². The van der Waals surface area contributed by atoms with E-state index in [9.17, 15) is 8.42 Å². The van der Waals surface area contributed by atoms with Gasteiger partial charge in [0.1, 0.15) is 5.75 Å². The van der Waals surface area contributed by atoms with Crippen molar-refractivity contribution in [2.75, 3.05) is 26.7 Å². The van der Waals surface area contributed by atoms with Gasteiger partial charge < -0.3 is 15.4 Å². The van der Waals surface area contributed by atoms with Gasteiger partial charge in [0.05, 0.1) is 11.5 Å². The zero-order chi connectivity index (χ0) is 20.0. The van der Waals surface area contributed by atoms with Crippen molar-refractivity contribution in [3.05, 3.63) is 59.2 Å². The quantitative estimate of drug-likeness (QED) is 0.288. The minimum Gasteiger partial charge on any atom is -0.493 e. The highest BCUT2D eigenvalue weighted by Crippen LogP contribution is 2.25. The first-order valence-corrected chi connectivity index (χ1v) is 10.8. The summed E-state index contributed by atoms with van der Waals surface area (Å²) >= 11 is 0. The Morgan fingerprint density at radius 3 is 2.31 bits per heavy atom. The highest BCUT2D eigenvalue weighted by molar-refractivity contribution is 14.0. The Bertz CT molecular complexity index is 947. The molecule has 0 aromatic heterocycles. The van der Waals surface area contributed by atoms with Crippen LogP contribution in [0.5, 0.6) is 5.75 Å². The number of nitrogens with two attached hydrogens (primary N) is 1. The lowest BCUT2D eigenvalue weighted by Gasteiger charge is -2.12. The van der Waals surface area contributed by atoms with Crippen molar-refractivity contribution in [3.8, 4) is 5.75 Å². The van der Waals surface area contributed by atoms with Gasteiger partial charge in [-0.2, -0.15) is 0 Å². The molecule has 4 N–H and O–H groups in total. The number of fused-ring (bicyclic) bond motifs is 1. The van der Waals surface area contributed by atoms with Crippen LogP contribution in [0.3, 0.4) is 0 Å². The van der Waals surface area contributed by atoms with Crippen molar-refractivity contribution in [2.45, 2.75) is 24.2 Å². The van der Waals surface area contributed by atoms with Crippen LogP contribution in [0.25, 0.3) is 0 Å². The smallest absolute Gasteiger partial charge is 0.238 e. The predicted octanol–water partition coefficient (Wildman–Crippen LogP) is 1.84. The zero-order valence-corrected chi connectivity index (χ0v) is 19.5. The molecule has 1 aliphatic heterocycles. The van der Waals surface area contributed by atoms with E-state index in [4.69, 9.17) is 9.88 Å². The van der Waals surface area contributed by atoms with Crippen LogP contribution in [0.2, 0.25) is 0 Å². The van der Waals surface area contributed by atoms with Crippen molar-refractivity contribution in [1.29, 1.82) is 0 Å². The summed E-state index contributed by atoms with van der Waals surface area (Å²) in [4.78, 5) is 4.36. The van der Waals surface area contributed by atoms with Gasteiger partial charge >= 0.3 is 0 Å². The lowest BCUT2D eigenvalue weighted by atomic mass is 10.1. The van der Waals surface area contributed by atoms with E-state index in [-0.39, 0.29) is 28.9 Å². The maximum Gasteiger partial charge on any atom is 0.238 e. The van der Waals surface area contributed by atoms with Crippen molar-refractivity contribution >= 4 is 40.0 Å². The summed E-state index contributed by atoms with van der Waals surface area (Å²) in [6, 6.07) is 13.0. The molecule has 2 aromatic carbocycles. The number of rotatable bonds is 7. The Morgan fingerprint density at radius 2 is 1.69 bits per heavy atom. The van der Waals surface area contributed by atoms with E-state index < -0.39 is 10.0 Å². The molecule has 0 spiro atoms. The number of ether oxygens (including phenoxy) is 1. The minimum atomic E-state index is -3.65. The number of aliphatic imine (C=N–C) groups is 1. The van der Waals surface area contributed by atoms with Gasteiger partial charge in [-0.1, -0.05) is 24.3 Å². The Morgan fingerprint density at radius 1 is 1.07 bits per heavy atom. The van der Waals surface area contributed by atoms with Gasteiger partial charge in [0.2, 0.25) is 10.0 Å². The number of guanidine groups is 1. The molecular formula is C20H27IN4O3S. The van der Waals surface area contributed by atoms with Gasteiger partial charge in [-0.05, 0) is 47.7 Å². The van der Waals surface area contributed by atoms with Crippen molar-refractivity contribution in [2.24, 2.45) is 10.1 Å². The van der Waals surface area contributed by atoms with Crippen molar-refractivity contribution < 1.29 is 13.2 Å². The average molecular weight is 530 g/mol. The third-order valence-electron chi connectivity index (χ3n) is 4.64. The third kappa shape index (κ3) is 6.86. The fourth-order valence-electron chi connectivity index (χ4n) is 3.11. The van der Waals surface area contributed by atoms with Crippen LogP contribution in [-0.4, -0.2) is 41.1 Å². The number of nitrogens with one attached hydrogen (secondary N) is 2. The number of nitrogens with zero attached hydrogens (tertiary/aromatic N) is 1. The summed E-state index contributed by atoms with van der Waals surface area (Å²) in [5.74, 6) is 1.75. The first kappa shape index (κ1) is 23.4. The zero-order valence-electron chi connectivity index (χ0n) is 16.3. The fraction of sp³-hybridized carbons (Fsp3) is 0.350. The maximum absolute atomic E-state index is 11.3. The Hall–Kier alpha value is -1.85. The molecule has 0 aliphatic carbocycles. The second-order valence-electron chi connectivity index (χ2n) is 6.66. The molecule has 0 atom stereocenters. The highest BCUT2D eigenvalue weighted by atomic mass is 127. The fourth-order valence-corrected chi connectivity index (χ4v) is 3.63.